The van der Waals surface area contributed by atoms with Gasteiger partial charge in [-0.1, -0.05) is 0 Å². The highest BCUT2D eigenvalue weighted by atomic mass is 16.5. The number of furan rings is 1. The second-order valence-electron chi connectivity index (χ2n) is 5.67. The first-order valence-corrected chi connectivity index (χ1v) is 7.86. The van der Waals surface area contributed by atoms with Gasteiger partial charge in [-0.15, -0.1) is 0 Å². The number of aromatic nitrogens is 2. The molecule has 124 valence electrons. The summed E-state index contributed by atoms with van der Waals surface area (Å²) in [5.41, 5.74) is 0. The number of hydrogen-bond acceptors (Lipinski definition) is 7. The Hall–Kier alpha value is -2.12. The van der Waals surface area contributed by atoms with Crippen LogP contribution < -0.4 is 10.6 Å². The van der Waals surface area contributed by atoms with Gasteiger partial charge < -0.3 is 24.9 Å². The topological polar surface area (TPSA) is 92.4 Å². The van der Waals surface area contributed by atoms with Crippen LogP contribution in [0.5, 0.6) is 0 Å². The second-order valence-corrected chi connectivity index (χ2v) is 5.67. The Morgan fingerprint density at radius 3 is 3.04 bits per heavy atom. The summed E-state index contributed by atoms with van der Waals surface area (Å²) in [7, 11) is 0. The predicted molar refractivity (Wildman–Crippen MR) is 86.4 cm³/mol. The summed E-state index contributed by atoms with van der Waals surface area (Å²) in [5.74, 6) is 2.52. The van der Waals surface area contributed by atoms with Gasteiger partial charge in [-0.2, -0.15) is 4.98 Å². The van der Waals surface area contributed by atoms with Crippen molar-refractivity contribution in [3.63, 3.8) is 0 Å². The molecular weight excluding hydrogens is 296 g/mol. The number of nitrogens with zero attached hydrogens (tertiary/aromatic N) is 2. The summed E-state index contributed by atoms with van der Waals surface area (Å²) in [6, 6.07) is 5.70. The van der Waals surface area contributed by atoms with Gasteiger partial charge in [0.05, 0.1) is 19.2 Å². The van der Waals surface area contributed by atoms with Crippen LogP contribution in [0.3, 0.4) is 0 Å². The van der Waals surface area contributed by atoms with Gasteiger partial charge in [0.25, 0.3) is 0 Å². The zero-order chi connectivity index (χ0) is 16.1. The molecule has 0 aliphatic carbocycles. The number of nitrogens with one attached hydrogen (secondary N) is 2. The summed E-state index contributed by atoms with van der Waals surface area (Å²) < 4.78 is 10.9. The fourth-order valence-electron chi connectivity index (χ4n) is 2.51. The van der Waals surface area contributed by atoms with Crippen molar-refractivity contribution in [1.29, 1.82) is 0 Å². The average Bonchev–Trinajstić information content (AvgIpc) is 3.01. The van der Waals surface area contributed by atoms with E-state index in [2.05, 4.69) is 20.6 Å². The zero-order valence-electron chi connectivity index (χ0n) is 13.2. The highest BCUT2D eigenvalue weighted by Gasteiger charge is 2.15. The number of anilines is 2. The maximum absolute atomic E-state index is 10.1. The first kappa shape index (κ1) is 15.8. The quantitative estimate of drug-likeness (QED) is 0.751. The summed E-state index contributed by atoms with van der Waals surface area (Å²) in [6.45, 7) is 3.65. The van der Waals surface area contributed by atoms with E-state index in [0.29, 0.717) is 18.3 Å². The van der Waals surface area contributed by atoms with Crippen LogP contribution in [0.15, 0.2) is 28.8 Å². The third-order valence-corrected chi connectivity index (χ3v) is 3.71. The lowest BCUT2D eigenvalue weighted by Crippen LogP contribution is -2.30. The molecule has 2 unspecified atom stereocenters. The monoisotopic (exact) mass is 318 g/mol. The standard InChI is InChI=1S/C16H22N4O3/c1-11-4-5-14(23-11)13(21)9-18-16-17-7-6-15(20-16)19-12-3-2-8-22-10-12/h4-7,12-13,21H,2-3,8-10H2,1H3,(H2,17,18,19,20). The minimum atomic E-state index is -0.740. The van der Waals surface area contributed by atoms with Crippen molar-refractivity contribution in [2.75, 3.05) is 30.4 Å². The predicted octanol–water partition coefficient (Wildman–Crippen LogP) is 2.11. The van der Waals surface area contributed by atoms with Crippen molar-refractivity contribution in [3.8, 4) is 0 Å². The molecule has 23 heavy (non-hydrogen) atoms. The van der Waals surface area contributed by atoms with Gasteiger partial charge in [0, 0.05) is 12.8 Å². The molecule has 0 bridgehead atoms. The first-order valence-electron chi connectivity index (χ1n) is 7.86. The highest BCUT2D eigenvalue weighted by molar-refractivity contribution is 5.40. The molecule has 3 N–H and O–H groups in total. The van der Waals surface area contributed by atoms with Crippen molar-refractivity contribution >= 4 is 11.8 Å². The molecule has 0 amide bonds. The normalized spacial score (nSPS) is 19.3. The Bertz CT molecular complexity index is 625. The molecule has 0 saturated carbocycles. The number of ether oxygens (including phenoxy) is 1. The van der Waals surface area contributed by atoms with E-state index in [1.807, 2.05) is 19.1 Å². The molecule has 0 aromatic carbocycles. The SMILES string of the molecule is Cc1ccc(C(O)CNc2nccc(NC3CCCOC3)n2)o1. The van der Waals surface area contributed by atoms with Crippen LogP contribution in [-0.2, 0) is 4.74 Å². The molecule has 3 rings (SSSR count). The van der Waals surface area contributed by atoms with Crippen molar-refractivity contribution in [2.24, 2.45) is 0 Å². The van der Waals surface area contributed by atoms with E-state index in [4.69, 9.17) is 9.15 Å². The fourth-order valence-corrected chi connectivity index (χ4v) is 2.51. The van der Waals surface area contributed by atoms with Crippen molar-refractivity contribution < 1.29 is 14.3 Å². The van der Waals surface area contributed by atoms with Gasteiger partial charge >= 0.3 is 0 Å². The van der Waals surface area contributed by atoms with Crippen LogP contribution in [0.25, 0.3) is 0 Å². The van der Waals surface area contributed by atoms with Gasteiger partial charge in [0.1, 0.15) is 23.4 Å². The van der Waals surface area contributed by atoms with E-state index in [0.717, 1.165) is 31.0 Å². The third kappa shape index (κ3) is 4.43. The van der Waals surface area contributed by atoms with Gasteiger partial charge in [-0.05, 0) is 38.0 Å². The van der Waals surface area contributed by atoms with Crippen molar-refractivity contribution in [3.05, 3.63) is 35.9 Å². The largest absolute Gasteiger partial charge is 0.464 e. The lowest BCUT2D eigenvalue weighted by molar-refractivity contribution is 0.0875. The van der Waals surface area contributed by atoms with Crippen LogP contribution in [-0.4, -0.2) is 40.9 Å². The Morgan fingerprint density at radius 2 is 2.30 bits per heavy atom. The van der Waals surface area contributed by atoms with E-state index in [1.165, 1.54) is 0 Å². The van der Waals surface area contributed by atoms with E-state index in [1.54, 1.807) is 12.3 Å². The second kappa shape index (κ2) is 7.43. The summed E-state index contributed by atoms with van der Waals surface area (Å²) in [5, 5.41) is 16.5. The van der Waals surface area contributed by atoms with Gasteiger partial charge in [0.2, 0.25) is 5.95 Å². The maximum atomic E-state index is 10.1. The summed E-state index contributed by atoms with van der Waals surface area (Å²) >= 11 is 0. The molecule has 2 atom stereocenters. The van der Waals surface area contributed by atoms with Gasteiger partial charge in [-0.3, -0.25) is 0 Å². The van der Waals surface area contributed by atoms with E-state index in [-0.39, 0.29) is 12.6 Å². The third-order valence-electron chi connectivity index (χ3n) is 3.71. The van der Waals surface area contributed by atoms with Gasteiger partial charge in [0.15, 0.2) is 0 Å². The number of aliphatic hydroxyl groups is 1. The number of hydrogen-bond donors (Lipinski definition) is 3. The molecule has 1 aliphatic heterocycles. The fraction of sp³-hybridized carbons (Fsp3) is 0.500. The molecule has 0 spiro atoms. The number of aliphatic hydroxyl groups excluding tert-OH is 1. The highest BCUT2D eigenvalue weighted by Crippen LogP contribution is 2.17. The molecule has 7 nitrogen and oxygen atoms in total. The number of aryl methyl sites for hydroxylation is 1. The van der Waals surface area contributed by atoms with Crippen LogP contribution in [0.1, 0.15) is 30.5 Å². The van der Waals surface area contributed by atoms with Crippen LogP contribution in [0.4, 0.5) is 11.8 Å². The molecule has 7 heteroatoms. The van der Waals surface area contributed by atoms with E-state index < -0.39 is 6.10 Å². The smallest absolute Gasteiger partial charge is 0.224 e. The minimum absolute atomic E-state index is 0.281. The van der Waals surface area contributed by atoms with Crippen LogP contribution >= 0.6 is 0 Å². The Kier molecular flexibility index (Phi) is 5.09. The lowest BCUT2D eigenvalue weighted by Gasteiger charge is -2.23. The van der Waals surface area contributed by atoms with Crippen molar-refractivity contribution in [1.82, 2.24) is 9.97 Å². The molecule has 2 aromatic heterocycles. The zero-order valence-corrected chi connectivity index (χ0v) is 13.2. The Balaban J connectivity index is 1.54. The summed E-state index contributed by atoms with van der Waals surface area (Å²) in [6.07, 6.45) is 3.08. The lowest BCUT2D eigenvalue weighted by atomic mass is 10.1. The first-order chi connectivity index (χ1) is 11.2. The molecule has 1 fully saturated rings. The molecule has 1 saturated heterocycles. The minimum Gasteiger partial charge on any atom is -0.464 e. The molecular formula is C16H22N4O3. The van der Waals surface area contributed by atoms with E-state index >= 15 is 0 Å². The Morgan fingerprint density at radius 1 is 1.39 bits per heavy atom. The average molecular weight is 318 g/mol. The van der Waals surface area contributed by atoms with Crippen LogP contribution in [0, 0.1) is 6.92 Å². The van der Waals surface area contributed by atoms with Crippen molar-refractivity contribution in [2.45, 2.75) is 31.9 Å². The molecule has 2 aromatic rings. The van der Waals surface area contributed by atoms with Crippen LogP contribution in [0.2, 0.25) is 0 Å². The van der Waals surface area contributed by atoms with E-state index in [9.17, 15) is 5.11 Å². The summed E-state index contributed by atoms with van der Waals surface area (Å²) in [4.78, 5) is 8.58. The maximum Gasteiger partial charge on any atom is 0.224 e. The molecule has 0 radical (unpaired) electrons. The number of rotatable bonds is 6. The van der Waals surface area contributed by atoms with Gasteiger partial charge in [-0.25, -0.2) is 4.98 Å². The Labute approximate surface area is 135 Å². The molecule has 3 heterocycles. The molecule has 1 aliphatic rings.